The fraction of sp³-hybridized carbons (Fsp3) is 0.231. The lowest BCUT2D eigenvalue weighted by Gasteiger charge is -2.20. The van der Waals surface area contributed by atoms with E-state index in [9.17, 15) is 22.8 Å². The van der Waals surface area contributed by atoms with E-state index in [1.165, 1.54) is 29.2 Å². The average Bonchev–Trinajstić information content (AvgIpc) is 3.22. The Labute approximate surface area is 198 Å². The number of alkyl halides is 3. The molecule has 3 heterocycles. The Morgan fingerprint density at radius 2 is 1.66 bits per heavy atom. The van der Waals surface area contributed by atoms with Crippen molar-refractivity contribution in [1.29, 1.82) is 0 Å². The van der Waals surface area contributed by atoms with E-state index >= 15 is 0 Å². The largest absolute Gasteiger partial charge is 0.573 e. The van der Waals surface area contributed by atoms with Crippen LogP contribution in [0.2, 0.25) is 0 Å². The maximum absolute atomic E-state index is 13.7. The Kier molecular flexibility index (Phi) is 5.23. The van der Waals surface area contributed by atoms with Crippen LogP contribution in [0.15, 0.2) is 63.8 Å². The van der Waals surface area contributed by atoms with Gasteiger partial charge in [-0.05, 0) is 68.3 Å². The molecule has 4 aromatic rings. The molecule has 2 aromatic carbocycles. The molecule has 0 radical (unpaired) electrons. The number of hydrogen-bond acceptors (Lipinski definition) is 4. The third kappa shape index (κ3) is 4.07. The smallest absolute Gasteiger partial charge is 0.423 e. The Balaban J connectivity index is 1.59. The van der Waals surface area contributed by atoms with Crippen molar-refractivity contribution in [3.8, 4) is 5.75 Å². The second-order valence-electron chi connectivity index (χ2n) is 8.66. The van der Waals surface area contributed by atoms with Crippen molar-refractivity contribution in [1.82, 2.24) is 4.57 Å². The Hall–Kier alpha value is -4.01. The molecular weight excluding hydrogens is 461 g/mol. The molecule has 0 aliphatic carbocycles. The zero-order chi connectivity index (χ0) is 25.1. The van der Waals surface area contributed by atoms with Gasteiger partial charge in [-0.15, -0.1) is 13.2 Å². The number of aromatic nitrogens is 1. The van der Waals surface area contributed by atoms with Crippen LogP contribution in [-0.2, 0) is 11.3 Å². The van der Waals surface area contributed by atoms with Gasteiger partial charge in [-0.25, -0.2) is 4.79 Å². The molecule has 0 N–H and O–H groups in total. The zero-order valence-electron chi connectivity index (χ0n) is 19.1. The summed E-state index contributed by atoms with van der Waals surface area (Å²) in [6, 6.07) is 13.6. The van der Waals surface area contributed by atoms with E-state index in [-0.39, 0.29) is 18.2 Å². The van der Waals surface area contributed by atoms with Crippen LogP contribution in [0.25, 0.3) is 11.0 Å². The molecule has 0 saturated carbocycles. The van der Waals surface area contributed by atoms with Gasteiger partial charge in [-0.2, -0.15) is 0 Å². The van der Waals surface area contributed by atoms with Gasteiger partial charge >= 0.3 is 12.0 Å². The average molecular weight is 482 g/mol. The highest BCUT2D eigenvalue weighted by atomic mass is 19.4. The van der Waals surface area contributed by atoms with Crippen LogP contribution in [0.3, 0.4) is 0 Å². The predicted octanol–water partition coefficient (Wildman–Crippen LogP) is 5.55. The van der Waals surface area contributed by atoms with Gasteiger partial charge in [-0.1, -0.05) is 12.1 Å². The van der Waals surface area contributed by atoms with E-state index in [0.29, 0.717) is 22.4 Å². The summed E-state index contributed by atoms with van der Waals surface area (Å²) in [6.45, 7) is 5.64. The van der Waals surface area contributed by atoms with Gasteiger partial charge < -0.3 is 18.6 Å². The second kappa shape index (κ2) is 8.04. The van der Waals surface area contributed by atoms with Gasteiger partial charge in [0.2, 0.25) is 0 Å². The van der Waals surface area contributed by atoms with Crippen molar-refractivity contribution >= 4 is 22.6 Å². The molecule has 1 atom stereocenters. The summed E-state index contributed by atoms with van der Waals surface area (Å²) in [5.74, 6) is -0.668. The number of amides is 1. The molecule has 0 saturated heterocycles. The van der Waals surface area contributed by atoms with Crippen LogP contribution < -0.4 is 15.3 Å². The number of benzene rings is 2. The maximum atomic E-state index is 13.7. The van der Waals surface area contributed by atoms with Gasteiger partial charge in [0.25, 0.3) is 5.91 Å². The summed E-state index contributed by atoms with van der Waals surface area (Å²) < 4.78 is 49.9. The minimum Gasteiger partial charge on any atom is -0.423 e. The fourth-order valence-corrected chi connectivity index (χ4v) is 4.74. The topological polar surface area (TPSA) is 64.7 Å². The summed E-state index contributed by atoms with van der Waals surface area (Å²) in [6.07, 6.45) is -4.85. The number of carbonyl (C=O) groups is 1. The Morgan fingerprint density at radius 3 is 2.34 bits per heavy atom. The van der Waals surface area contributed by atoms with Gasteiger partial charge in [-0.3, -0.25) is 4.79 Å². The van der Waals surface area contributed by atoms with Crippen molar-refractivity contribution in [3.63, 3.8) is 0 Å². The number of ether oxygens (including phenoxy) is 1. The number of rotatable bonds is 4. The molecule has 1 aliphatic rings. The highest BCUT2D eigenvalue weighted by Crippen LogP contribution is 2.43. The molecule has 180 valence electrons. The molecule has 9 heteroatoms. The number of hydrogen-bond donors (Lipinski definition) is 0. The van der Waals surface area contributed by atoms with Crippen molar-refractivity contribution in [2.75, 3.05) is 4.90 Å². The van der Waals surface area contributed by atoms with E-state index in [1.807, 2.05) is 45.0 Å². The zero-order valence-corrected chi connectivity index (χ0v) is 19.1. The van der Waals surface area contributed by atoms with Crippen molar-refractivity contribution in [2.45, 2.75) is 39.7 Å². The van der Waals surface area contributed by atoms with E-state index in [4.69, 9.17) is 4.42 Å². The highest BCUT2D eigenvalue weighted by Gasteiger charge is 2.40. The molecular formula is C26H21F3N2O4. The molecule has 5 rings (SSSR count). The molecule has 6 nitrogen and oxygen atoms in total. The molecule has 1 aliphatic heterocycles. The lowest BCUT2D eigenvalue weighted by Crippen LogP contribution is -2.31. The SMILES string of the molecule is Cc1cc(=O)oc2cc(CN3C(=O)C(n4c(C)ccc4C)c4cc(OC(F)(F)F)ccc43)ccc12. The van der Waals surface area contributed by atoms with Crippen LogP contribution >= 0.6 is 0 Å². The van der Waals surface area contributed by atoms with E-state index < -0.39 is 18.0 Å². The molecule has 0 spiro atoms. The Morgan fingerprint density at radius 1 is 0.943 bits per heavy atom. The van der Waals surface area contributed by atoms with E-state index in [2.05, 4.69) is 4.74 Å². The monoisotopic (exact) mass is 482 g/mol. The minimum atomic E-state index is -4.85. The first-order valence-electron chi connectivity index (χ1n) is 10.9. The highest BCUT2D eigenvalue weighted by molar-refractivity contribution is 6.05. The third-order valence-corrected chi connectivity index (χ3v) is 6.26. The number of anilines is 1. The number of halogens is 3. The molecule has 0 bridgehead atoms. The van der Waals surface area contributed by atoms with E-state index in [0.717, 1.165) is 22.3 Å². The first kappa shape index (κ1) is 22.8. The van der Waals surface area contributed by atoms with E-state index in [1.54, 1.807) is 10.6 Å². The number of nitrogens with zero attached hydrogens (tertiary/aromatic N) is 2. The molecule has 35 heavy (non-hydrogen) atoms. The summed E-state index contributed by atoms with van der Waals surface area (Å²) in [5, 5.41) is 0.784. The van der Waals surface area contributed by atoms with Crippen LogP contribution in [0, 0.1) is 20.8 Å². The summed E-state index contributed by atoms with van der Waals surface area (Å²) in [4.78, 5) is 27.1. The second-order valence-corrected chi connectivity index (χ2v) is 8.66. The van der Waals surface area contributed by atoms with Crippen molar-refractivity contribution in [3.05, 3.63) is 93.1 Å². The minimum absolute atomic E-state index is 0.148. The van der Waals surface area contributed by atoms with Crippen LogP contribution in [-0.4, -0.2) is 16.8 Å². The molecule has 1 amide bonds. The first-order chi connectivity index (χ1) is 16.5. The Bertz CT molecular complexity index is 1510. The maximum Gasteiger partial charge on any atom is 0.573 e. The fourth-order valence-electron chi connectivity index (χ4n) is 4.74. The lowest BCUT2D eigenvalue weighted by atomic mass is 10.1. The van der Waals surface area contributed by atoms with Crippen molar-refractivity contribution in [2.24, 2.45) is 0 Å². The molecule has 2 aromatic heterocycles. The summed E-state index contributed by atoms with van der Waals surface area (Å²) >= 11 is 0. The van der Waals surface area contributed by atoms with Crippen molar-refractivity contribution < 1.29 is 27.1 Å². The number of carbonyl (C=O) groups excluding carboxylic acids is 1. The lowest BCUT2D eigenvalue weighted by molar-refractivity contribution is -0.274. The number of aryl methyl sites for hydroxylation is 3. The molecule has 1 unspecified atom stereocenters. The normalized spacial score (nSPS) is 15.7. The standard InChI is InChI=1S/C26H21F3N2O4/c1-14-10-23(32)34-22-11-17(6-8-19(14)22)13-30-21-9-7-18(35-26(27,28)29)12-20(21)24(25(30)33)31-15(2)4-5-16(31)3/h4-12,24H,13H2,1-3H3. The quantitative estimate of drug-likeness (QED) is 0.358. The molecule has 0 fully saturated rings. The van der Waals surface area contributed by atoms with Crippen LogP contribution in [0.1, 0.15) is 34.1 Å². The third-order valence-electron chi connectivity index (χ3n) is 6.26. The van der Waals surface area contributed by atoms with Crippen LogP contribution in [0.5, 0.6) is 5.75 Å². The van der Waals surface area contributed by atoms with Gasteiger partial charge in [0.05, 0.1) is 12.2 Å². The summed E-state index contributed by atoms with van der Waals surface area (Å²) in [5.41, 5.74) is 3.95. The van der Waals surface area contributed by atoms with Gasteiger partial charge in [0.1, 0.15) is 17.4 Å². The number of fused-ring (bicyclic) bond motifs is 2. The predicted molar refractivity (Wildman–Crippen MR) is 124 cm³/mol. The summed E-state index contributed by atoms with van der Waals surface area (Å²) in [7, 11) is 0. The van der Waals surface area contributed by atoms with Gasteiger partial charge in [0.15, 0.2) is 0 Å². The van der Waals surface area contributed by atoms with Crippen LogP contribution in [0.4, 0.5) is 18.9 Å². The van der Waals surface area contributed by atoms with Gasteiger partial charge in [0, 0.05) is 28.4 Å². The first-order valence-corrected chi connectivity index (χ1v) is 10.9.